The summed E-state index contributed by atoms with van der Waals surface area (Å²) < 4.78 is 5.42. The second-order valence-electron chi connectivity index (χ2n) is 5.48. The molecule has 17 heavy (non-hydrogen) atoms. The van der Waals surface area contributed by atoms with Crippen molar-refractivity contribution in [2.75, 3.05) is 39.4 Å². The van der Waals surface area contributed by atoms with E-state index in [0.29, 0.717) is 6.04 Å². The lowest BCUT2D eigenvalue weighted by Gasteiger charge is -2.36. The molecule has 1 saturated carbocycles. The summed E-state index contributed by atoms with van der Waals surface area (Å²) in [6.07, 6.45) is 7.20. The van der Waals surface area contributed by atoms with Gasteiger partial charge in [-0.1, -0.05) is 26.2 Å². The molecule has 0 bridgehead atoms. The molecule has 1 heterocycles. The number of hydrogen-bond donors (Lipinski definition) is 1. The first-order chi connectivity index (χ1) is 8.40. The predicted molar refractivity (Wildman–Crippen MR) is 71.3 cm³/mol. The highest BCUT2D eigenvalue weighted by atomic mass is 16.5. The van der Waals surface area contributed by atoms with Gasteiger partial charge in [0, 0.05) is 25.7 Å². The molecule has 3 nitrogen and oxygen atoms in total. The Labute approximate surface area is 106 Å². The number of morpholine rings is 1. The van der Waals surface area contributed by atoms with Crippen molar-refractivity contribution in [2.24, 2.45) is 5.92 Å². The highest BCUT2D eigenvalue weighted by molar-refractivity contribution is 4.82. The van der Waals surface area contributed by atoms with E-state index in [4.69, 9.17) is 4.74 Å². The van der Waals surface area contributed by atoms with E-state index in [0.717, 1.165) is 38.8 Å². The van der Waals surface area contributed by atoms with Crippen molar-refractivity contribution in [3.05, 3.63) is 0 Å². The van der Waals surface area contributed by atoms with Gasteiger partial charge in [0.05, 0.1) is 13.2 Å². The second-order valence-corrected chi connectivity index (χ2v) is 5.48. The lowest BCUT2D eigenvalue weighted by atomic mass is 9.83. The lowest BCUT2D eigenvalue weighted by molar-refractivity contribution is 0.0287. The molecule has 0 amide bonds. The summed E-state index contributed by atoms with van der Waals surface area (Å²) >= 11 is 0. The van der Waals surface area contributed by atoms with Crippen LogP contribution in [0.25, 0.3) is 0 Å². The van der Waals surface area contributed by atoms with Gasteiger partial charge in [-0.05, 0) is 25.3 Å². The van der Waals surface area contributed by atoms with E-state index in [1.165, 1.54) is 38.6 Å². The van der Waals surface area contributed by atoms with E-state index in [2.05, 4.69) is 17.1 Å². The Hall–Kier alpha value is -0.120. The van der Waals surface area contributed by atoms with E-state index in [-0.39, 0.29) is 0 Å². The van der Waals surface area contributed by atoms with E-state index in [1.54, 1.807) is 0 Å². The molecule has 1 aliphatic carbocycles. The van der Waals surface area contributed by atoms with E-state index >= 15 is 0 Å². The summed E-state index contributed by atoms with van der Waals surface area (Å²) in [5, 5.41) is 3.72. The summed E-state index contributed by atoms with van der Waals surface area (Å²) in [6, 6.07) is 0.707. The molecular formula is C14H28N2O. The molecule has 2 fully saturated rings. The van der Waals surface area contributed by atoms with E-state index in [1.807, 2.05) is 0 Å². The quantitative estimate of drug-likeness (QED) is 0.794. The number of ether oxygens (including phenoxy) is 1. The fourth-order valence-corrected chi connectivity index (χ4v) is 3.24. The predicted octanol–water partition coefficient (Wildman–Crippen LogP) is 1.88. The first-order valence-electron chi connectivity index (χ1n) is 7.43. The van der Waals surface area contributed by atoms with Gasteiger partial charge in [0.15, 0.2) is 0 Å². The highest BCUT2D eigenvalue weighted by Gasteiger charge is 2.25. The minimum atomic E-state index is 0.707. The Morgan fingerprint density at radius 1 is 1.18 bits per heavy atom. The summed E-state index contributed by atoms with van der Waals surface area (Å²) in [7, 11) is 0. The Morgan fingerprint density at radius 2 is 1.88 bits per heavy atom. The first-order valence-corrected chi connectivity index (χ1v) is 7.43. The first kappa shape index (κ1) is 13.3. The van der Waals surface area contributed by atoms with E-state index in [9.17, 15) is 0 Å². The lowest BCUT2D eigenvalue weighted by Crippen LogP contribution is -2.49. The van der Waals surface area contributed by atoms with Crippen LogP contribution >= 0.6 is 0 Å². The van der Waals surface area contributed by atoms with Gasteiger partial charge in [-0.25, -0.2) is 0 Å². The van der Waals surface area contributed by atoms with Gasteiger partial charge < -0.3 is 10.1 Å². The molecule has 1 unspecified atom stereocenters. The molecule has 0 aromatic rings. The van der Waals surface area contributed by atoms with Gasteiger partial charge in [0.2, 0.25) is 0 Å². The largest absolute Gasteiger partial charge is 0.379 e. The van der Waals surface area contributed by atoms with Gasteiger partial charge in [-0.3, -0.25) is 4.90 Å². The van der Waals surface area contributed by atoms with Crippen molar-refractivity contribution in [1.29, 1.82) is 0 Å². The SMILES string of the molecule is CCNC(CN1CCOCC1)C1CCCCC1. The zero-order valence-electron chi connectivity index (χ0n) is 11.3. The fraction of sp³-hybridized carbons (Fsp3) is 1.00. The Balaban J connectivity index is 1.81. The third-order valence-corrected chi connectivity index (χ3v) is 4.24. The van der Waals surface area contributed by atoms with Gasteiger partial charge in [-0.2, -0.15) is 0 Å². The molecule has 1 N–H and O–H groups in total. The van der Waals surface area contributed by atoms with Crippen LogP contribution in [0.3, 0.4) is 0 Å². The molecule has 1 saturated heterocycles. The van der Waals surface area contributed by atoms with Crippen LogP contribution in [0.15, 0.2) is 0 Å². The van der Waals surface area contributed by atoms with Gasteiger partial charge in [-0.15, -0.1) is 0 Å². The summed E-state index contributed by atoms with van der Waals surface area (Å²) in [6.45, 7) is 8.64. The average Bonchev–Trinajstić information content (AvgIpc) is 2.40. The average molecular weight is 240 g/mol. The monoisotopic (exact) mass is 240 g/mol. The highest BCUT2D eigenvalue weighted by Crippen LogP contribution is 2.27. The van der Waals surface area contributed by atoms with Crippen LogP contribution in [-0.2, 0) is 4.74 Å². The van der Waals surface area contributed by atoms with Gasteiger partial charge >= 0.3 is 0 Å². The van der Waals surface area contributed by atoms with Crippen LogP contribution in [0.5, 0.6) is 0 Å². The summed E-state index contributed by atoms with van der Waals surface area (Å²) in [5.41, 5.74) is 0. The molecule has 2 rings (SSSR count). The van der Waals surface area contributed by atoms with Crippen LogP contribution in [0, 0.1) is 5.92 Å². The van der Waals surface area contributed by atoms with Crippen molar-refractivity contribution in [2.45, 2.75) is 45.1 Å². The van der Waals surface area contributed by atoms with Crippen molar-refractivity contribution >= 4 is 0 Å². The molecule has 0 radical (unpaired) electrons. The third kappa shape index (κ3) is 4.23. The van der Waals surface area contributed by atoms with Crippen molar-refractivity contribution < 1.29 is 4.74 Å². The number of rotatable bonds is 5. The zero-order chi connectivity index (χ0) is 11.9. The smallest absolute Gasteiger partial charge is 0.0594 e. The van der Waals surface area contributed by atoms with E-state index < -0.39 is 0 Å². The summed E-state index contributed by atoms with van der Waals surface area (Å²) in [4.78, 5) is 2.57. The molecule has 3 heteroatoms. The summed E-state index contributed by atoms with van der Waals surface area (Å²) in [5.74, 6) is 0.909. The maximum atomic E-state index is 5.42. The molecule has 0 aromatic carbocycles. The van der Waals surface area contributed by atoms with Crippen LogP contribution in [0.1, 0.15) is 39.0 Å². The van der Waals surface area contributed by atoms with Crippen LogP contribution < -0.4 is 5.32 Å². The normalized spacial score (nSPS) is 25.9. The molecule has 1 aliphatic heterocycles. The molecule has 0 spiro atoms. The van der Waals surface area contributed by atoms with Gasteiger partial charge in [0.25, 0.3) is 0 Å². The third-order valence-electron chi connectivity index (χ3n) is 4.24. The topological polar surface area (TPSA) is 24.5 Å². The van der Waals surface area contributed by atoms with Crippen molar-refractivity contribution in [1.82, 2.24) is 10.2 Å². The number of likely N-dealkylation sites (N-methyl/N-ethyl adjacent to an activating group) is 1. The molecule has 100 valence electrons. The maximum absolute atomic E-state index is 5.42. The number of hydrogen-bond acceptors (Lipinski definition) is 3. The Morgan fingerprint density at radius 3 is 2.53 bits per heavy atom. The number of nitrogens with zero attached hydrogens (tertiary/aromatic N) is 1. The molecule has 0 aromatic heterocycles. The van der Waals surface area contributed by atoms with Crippen molar-refractivity contribution in [3.8, 4) is 0 Å². The Kier molecular flexibility index (Phi) is 5.75. The van der Waals surface area contributed by atoms with Crippen LogP contribution in [0.4, 0.5) is 0 Å². The maximum Gasteiger partial charge on any atom is 0.0594 e. The molecule has 2 aliphatic rings. The molecule has 1 atom stereocenters. The minimum absolute atomic E-state index is 0.707. The van der Waals surface area contributed by atoms with Gasteiger partial charge in [0.1, 0.15) is 0 Å². The van der Waals surface area contributed by atoms with Crippen LogP contribution in [-0.4, -0.2) is 50.3 Å². The zero-order valence-corrected chi connectivity index (χ0v) is 11.3. The van der Waals surface area contributed by atoms with Crippen LogP contribution in [0.2, 0.25) is 0 Å². The molecular weight excluding hydrogens is 212 g/mol. The van der Waals surface area contributed by atoms with Crippen molar-refractivity contribution in [3.63, 3.8) is 0 Å². The fourth-order valence-electron chi connectivity index (χ4n) is 3.24. The minimum Gasteiger partial charge on any atom is -0.379 e. The second kappa shape index (κ2) is 7.34. The standard InChI is InChI=1S/C14H28N2O/c1-2-15-14(13-6-4-3-5-7-13)12-16-8-10-17-11-9-16/h13-15H,2-12H2,1H3. The number of nitrogens with one attached hydrogen (secondary N) is 1. The Bertz CT molecular complexity index is 198.